The quantitative estimate of drug-likeness (QED) is 0.920. The van der Waals surface area contributed by atoms with E-state index in [4.69, 9.17) is 11.6 Å². The smallest absolute Gasteiger partial charge is 0.257 e. The van der Waals surface area contributed by atoms with Crippen molar-refractivity contribution in [1.82, 2.24) is 4.98 Å². The Morgan fingerprint density at radius 3 is 2.74 bits per heavy atom. The topological polar surface area (TPSA) is 62.3 Å². The molecule has 2 heterocycles. The number of likely N-dealkylation sites (N-methyl/N-ethyl adjacent to an activating group) is 1. The monoisotopic (exact) mass is 329 g/mol. The van der Waals surface area contributed by atoms with Crippen LogP contribution in [0.25, 0.3) is 0 Å². The molecule has 0 radical (unpaired) electrons. The first kappa shape index (κ1) is 15.5. The molecule has 2 amide bonds. The number of hydrogen-bond acceptors (Lipinski definition) is 3. The van der Waals surface area contributed by atoms with Crippen LogP contribution in [0.2, 0.25) is 5.02 Å². The van der Waals surface area contributed by atoms with Crippen LogP contribution in [0, 0.1) is 0 Å². The van der Waals surface area contributed by atoms with Crippen molar-refractivity contribution in [3.63, 3.8) is 0 Å². The lowest BCUT2D eigenvalue weighted by Crippen LogP contribution is -2.33. The second-order valence-corrected chi connectivity index (χ2v) is 6.44. The van der Waals surface area contributed by atoms with Gasteiger partial charge in [-0.1, -0.05) is 17.7 Å². The zero-order valence-electron chi connectivity index (χ0n) is 13.1. The highest BCUT2D eigenvalue weighted by molar-refractivity contribution is 6.34. The number of aromatic nitrogens is 1. The minimum absolute atomic E-state index is 0.0353. The van der Waals surface area contributed by atoms with Crippen molar-refractivity contribution in [1.29, 1.82) is 0 Å². The predicted octanol–water partition coefficient (Wildman–Crippen LogP) is 3.24. The normalized spacial score (nSPS) is 15.5. The van der Waals surface area contributed by atoms with Crippen LogP contribution in [0.3, 0.4) is 0 Å². The number of nitrogens with zero attached hydrogens (tertiary/aromatic N) is 2. The van der Waals surface area contributed by atoms with E-state index < -0.39 is 5.41 Å². The van der Waals surface area contributed by atoms with E-state index in [1.165, 1.54) is 12.4 Å². The number of benzene rings is 1. The van der Waals surface area contributed by atoms with E-state index in [1.54, 1.807) is 30.1 Å². The first-order chi connectivity index (χ1) is 10.8. The highest BCUT2D eigenvalue weighted by Crippen LogP contribution is 2.41. The Kier molecular flexibility index (Phi) is 3.60. The zero-order chi connectivity index (χ0) is 16.8. The Morgan fingerprint density at radius 2 is 2.04 bits per heavy atom. The fourth-order valence-electron chi connectivity index (χ4n) is 2.82. The fourth-order valence-corrected chi connectivity index (χ4v) is 3.02. The van der Waals surface area contributed by atoms with Crippen LogP contribution in [0.4, 0.5) is 11.4 Å². The first-order valence-electron chi connectivity index (χ1n) is 7.16. The molecule has 6 heteroatoms. The summed E-state index contributed by atoms with van der Waals surface area (Å²) in [5.74, 6) is -0.281. The summed E-state index contributed by atoms with van der Waals surface area (Å²) in [6, 6.07) is 7.03. The van der Waals surface area contributed by atoms with E-state index in [9.17, 15) is 9.59 Å². The van der Waals surface area contributed by atoms with Gasteiger partial charge in [-0.2, -0.15) is 0 Å². The van der Waals surface area contributed by atoms with Gasteiger partial charge < -0.3 is 10.2 Å². The lowest BCUT2D eigenvalue weighted by Gasteiger charge is -2.16. The summed E-state index contributed by atoms with van der Waals surface area (Å²) in [5, 5.41) is 3.09. The van der Waals surface area contributed by atoms with Gasteiger partial charge >= 0.3 is 0 Å². The summed E-state index contributed by atoms with van der Waals surface area (Å²) in [4.78, 5) is 30.1. The maximum absolute atomic E-state index is 12.3. The van der Waals surface area contributed by atoms with Gasteiger partial charge in [-0.05, 0) is 37.6 Å². The number of hydrogen-bond donors (Lipinski definition) is 1. The lowest BCUT2D eigenvalue weighted by molar-refractivity contribution is -0.121. The van der Waals surface area contributed by atoms with Crippen molar-refractivity contribution in [2.45, 2.75) is 19.3 Å². The molecule has 0 unspecified atom stereocenters. The van der Waals surface area contributed by atoms with Crippen LogP contribution >= 0.6 is 11.6 Å². The molecule has 0 fully saturated rings. The van der Waals surface area contributed by atoms with Crippen LogP contribution in [0.5, 0.6) is 0 Å². The van der Waals surface area contributed by atoms with Gasteiger partial charge in [0.05, 0.1) is 16.0 Å². The molecule has 1 aromatic carbocycles. The fraction of sp³-hybridized carbons (Fsp3) is 0.235. The molecule has 3 rings (SSSR count). The van der Waals surface area contributed by atoms with Gasteiger partial charge in [0.15, 0.2) is 0 Å². The van der Waals surface area contributed by atoms with E-state index in [0.29, 0.717) is 16.3 Å². The molecule has 0 aliphatic carbocycles. The van der Waals surface area contributed by atoms with Crippen molar-refractivity contribution < 1.29 is 9.59 Å². The molecule has 0 spiro atoms. The molecule has 0 saturated heterocycles. The van der Waals surface area contributed by atoms with Crippen LogP contribution in [-0.4, -0.2) is 23.8 Å². The summed E-state index contributed by atoms with van der Waals surface area (Å²) < 4.78 is 0. The summed E-state index contributed by atoms with van der Waals surface area (Å²) in [7, 11) is 1.74. The highest BCUT2D eigenvalue weighted by Gasteiger charge is 2.42. The molecule has 118 valence electrons. The van der Waals surface area contributed by atoms with Gasteiger partial charge in [0, 0.05) is 30.8 Å². The molecule has 2 aromatic rings. The molecule has 23 heavy (non-hydrogen) atoms. The molecule has 1 aromatic heterocycles. The maximum atomic E-state index is 12.3. The molecule has 5 nitrogen and oxygen atoms in total. The second-order valence-electron chi connectivity index (χ2n) is 6.03. The van der Waals surface area contributed by atoms with Crippen molar-refractivity contribution in [3.05, 3.63) is 52.8 Å². The third-order valence-electron chi connectivity index (χ3n) is 4.15. The summed E-state index contributed by atoms with van der Waals surface area (Å²) in [6.45, 7) is 3.79. The maximum Gasteiger partial charge on any atom is 0.257 e. The van der Waals surface area contributed by atoms with Crippen LogP contribution in [-0.2, 0) is 10.2 Å². The van der Waals surface area contributed by atoms with Gasteiger partial charge in [0.2, 0.25) is 5.91 Å². The van der Waals surface area contributed by atoms with Gasteiger partial charge in [-0.3, -0.25) is 14.6 Å². The molecule has 1 N–H and O–H groups in total. The van der Waals surface area contributed by atoms with Gasteiger partial charge in [-0.15, -0.1) is 0 Å². The van der Waals surface area contributed by atoms with E-state index >= 15 is 0 Å². The number of nitrogens with one attached hydrogen (secondary N) is 1. The highest BCUT2D eigenvalue weighted by atomic mass is 35.5. The third kappa shape index (κ3) is 2.47. The Morgan fingerprint density at radius 1 is 1.30 bits per heavy atom. The number of rotatable bonds is 2. The number of amides is 2. The van der Waals surface area contributed by atoms with E-state index in [2.05, 4.69) is 10.3 Å². The number of pyridine rings is 1. The molecular formula is C17H16ClN3O2. The molecule has 0 bridgehead atoms. The van der Waals surface area contributed by atoms with Crippen LogP contribution < -0.4 is 10.2 Å². The van der Waals surface area contributed by atoms with Gasteiger partial charge in [0.1, 0.15) is 0 Å². The number of anilines is 2. The van der Waals surface area contributed by atoms with Crippen molar-refractivity contribution in [2.75, 3.05) is 17.3 Å². The third-order valence-corrected chi connectivity index (χ3v) is 4.45. The molecule has 1 aliphatic heterocycles. The van der Waals surface area contributed by atoms with E-state index in [0.717, 1.165) is 11.3 Å². The number of carbonyl (C=O) groups excluding carboxylic acids is 2. The van der Waals surface area contributed by atoms with Gasteiger partial charge in [-0.25, -0.2) is 0 Å². The van der Waals surface area contributed by atoms with Crippen LogP contribution in [0.1, 0.15) is 29.8 Å². The minimum atomic E-state index is -0.555. The Hall–Kier alpha value is -2.40. The molecule has 1 aliphatic rings. The summed E-state index contributed by atoms with van der Waals surface area (Å²) in [6.07, 6.45) is 2.94. The average molecular weight is 330 g/mol. The Balaban J connectivity index is 1.91. The van der Waals surface area contributed by atoms with Crippen molar-refractivity contribution >= 4 is 34.8 Å². The lowest BCUT2D eigenvalue weighted by atomic mass is 9.86. The Bertz CT molecular complexity index is 817. The molecular weight excluding hydrogens is 314 g/mol. The average Bonchev–Trinajstić information content (AvgIpc) is 2.68. The minimum Gasteiger partial charge on any atom is -0.322 e. The Labute approximate surface area is 139 Å². The molecule has 0 saturated carbocycles. The standard InChI is InChI=1S/C17H16ClN3O2/c1-17(2)12-5-4-10(8-14(12)21(3)16(17)23)20-15(22)11-6-7-19-9-13(11)18/h4-9H,1-3H3,(H,20,22). The van der Waals surface area contributed by atoms with Crippen molar-refractivity contribution in [2.24, 2.45) is 0 Å². The second kappa shape index (κ2) is 5.35. The van der Waals surface area contributed by atoms with Crippen molar-refractivity contribution in [3.8, 4) is 0 Å². The summed E-state index contributed by atoms with van der Waals surface area (Å²) in [5.41, 5.74) is 2.16. The summed E-state index contributed by atoms with van der Waals surface area (Å²) >= 11 is 5.98. The van der Waals surface area contributed by atoms with Gasteiger partial charge in [0.25, 0.3) is 5.91 Å². The van der Waals surface area contributed by atoms with E-state index in [1.807, 2.05) is 19.9 Å². The number of fused-ring (bicyclic) bond motifs is 1. The number of carbonyl (C=O) groups is 2. The van der Waals surface area contributed by atoms with E-state index in [-0.39, 0.29) is 11.8 Å². The number of halogens is 1. The first-order valence-corrected chi connectivity index (χ1v) is 7.53. The molecule has 0 atom stereocenters. The van der Waals surface area contributed by atoms with Crippen LogP contribution in [0.15, 0.2) is 36.7 Å². The SMILES string of the molecule is CN1C(=O)C(C)(C)c2ccc(NC(=O)c3ccncc3Cl)cc21. The largest absolute Gasteiger partial charge is 0.322 e. The zero-order valence-corrected chi connectivity index (χ0v) is 13.8. The predicted molar refractivity (Wildman–Crippen MR) is 90.1 cm³/mol.